The largest absolute Gasteiger partial charge is 0.493 e. The maximum absolute atomic E-state index is 13.1. The van der Waals surface area contributed by atoms with Gasteiger partial charge in [-0.1, -0.05) is 43.6 Å². The summed E-state index contributed by atoms with van der Waals surface area (Å²) < 4.78 is 24.4. The minimum Gasteiger partial charge on any atom is -0.493 e. The minimum absolute atomic E-state index is 0.00819. The lowest BCUT2D eigenvalue weighted by atomic mass is 10.1. The van der Waals surface area contributed by atoms with Crippen molar-refractivity contribution < 1.29 is 18.7 Å². The van der Waals surface area contributed by atoms with Crippen LogP contribution in [0.1, 0.15) is 31.4 Å². The first-order valence-electron chi connectivity index (χ1n) is 10.7. The van der Waals surface area contributed by atoms with Gasteiger partial charge >= 0.3 is 0 Å². The third-order valence-corrected chi connectivity index (χ3v) is 5.22. The van der Waals surface area contributed by atoms with E-state index in [2.05, 4.69) is 10.6 Å². The molecule has 0 saturated carbocycles. The number of rotatable bonds is 10. The molecule has 2 N–H and O–H groups in total. The smallest absolute Gasteiger partial charge is 0.224 e. The first-order chi connectivity index (χ1) is 15.8. The van der Waals surface area contributed by atoms with Gasteiger partial charge in [0.15, 0.2) is 11.5 Å². The highest BCUT2D eigenvalue weighted by Gasteiger charge is 2.12. The van der Waals surface area contributed by atoms with Crippen molar-refractivity contribution in [3.63, 3.8) is 0 Å². The highest BCUT2D eigenvalue weighted by molar-refractivity contribution is 6.31. The van der Waals surface area contributed by atoms with E-state index >= 15 is 0 Å². The average molecular weight is 471 g/mol. The Bertz CT molecular complexity index is 1090. The summed E-state index contributed by atoms with van der Waals surface area (Å²) in [5.74, 6) is 1.05. The van der Waals surface area contributed by atoms with E-state index in [1.54, 1.807) is 25.3 Å². The second-order valence-electron chi connectivity index (χ2n) is 8.09. The monoisotopic (exact) mass is 470 g/mol. The molecule has 1 amide bonds. The SMILES string of the molecule is COc1cc(CNc2cccc(NC(=O)CC(C)C)c2)c(Cl)cc1OCc1ccc(F)cc1. The summed E-state index contributed by atoms with van der Waals surface area (Å²) in [5, 5.41) is 6.77. The maximum Gasteiger partial charge on any atom is 0.224 e. The summed E-state index contributed by atoms with van der Waals surface area (Å²) >= 11 is 6.49. The number of ether oxygens (including phenoxy) is 2. The third kappa shape index (κ3) is 7.39. The number of carbonyl (C=O) groups excluding carboxylic acids is 1. The van der Waals surface area contributed by atoms with Crippen LogP contribution in [0.15, 0.2) is 60.7 Å². The highest BCUT2D eigenvalue weighted by atomic mass is 35.5. The van der Waals surface area contributed by atoms with Gasteiger partial charge in [0.25, 0.3) is 0 Å². The van der Waals surface area contributed by atoms with E-state index in [-0.39, 0.29) is 18.3 Å². The molecule has 0 bridgehead atoms. The van der Waals surface area contributed by atoms with Crippen LogP contribution in [0.4, 0.5) is 15.8 Å². The molecule has 7 heteroatoms. The van der Waals surface area contributed by atoms with E-state index in [0.717, 1.165) is 22.5 Å². The Morgan fingerprint density at radius 2 is 1.76 bits per heavy atom. The third-order valence-electron chi connectivity index (χ3n) is 4.86. The van der Waals surface area contributed by atoms with Gasteiger partial charge < -0.3 is 20.1 Å². The molecule has 3 rings (SSSR count). The van der Waals surface area contributed by atoms with Crippen LogP contribution in [-0.4, -0.2) is 13.0 Å². The lowest BCUT2D eigenvalue weighted by molar-refractivity contribution is -0.116. The molecule has 5 nitrogen and oxygen atoms in total. The van der Waals surface area contributed by atoms with Crippen molar-refractivity contribution in [2.24, 2.45) is 5.92 Å². The van der Waals surface area contributed by atoms with Crippen LogP contribution >= 0.6 is 11.6 Å². The Morgan fingerprint density at radius 1 is 1.03 bits per heavy atom. The fourth-order valence-corrected chi connectivity index (χ4v) is 3.43. The quantitative estimate of drug-likeness (QED) is 0.347. The maximum atomic E-state index is 13.1. The molecule has 3 aromatic rings. The van der Waals surface area contributed by atoms with Crippen LogP contribution < -0.4 is 20.1 Å². The van der Waals surface area contributed by atoms with Gasteiger partial charge in [0.1, 0.15) is 12.4 Å². The van der Waals surface area contributed by atoms with E-state index in [1.807, 2.05) is 44.2 Å². The van der Waals surface area contributed by atoms with Crippen molar-refractivity contribution in [1.82, 2.24) is 0 Å². The molecule has 0 aromatic heterocycles. The standard InChI is InChI=1S/C26H28ClFN2O3/c1-17(2)11-26(31)30-22-6-4-5-21(13-22)29-15-19-12-24(32-3)25(14-23(19)27)33-16-18-7-9-20(28)10-8-18/h4-10,12-14,17,29H,11,15-16H2,1-3H3,(H,30,31). The summed E-state index contributed by atoms with van der Waals surface area (Å²) in [6.07, 6.45) is 0.475. The zero-order valence-corrected chi connectivity index (χ0v) is 19.7. The van der Waals surface area contributed by atoms with Crippen molar-refractivity contribution in [3.8, 4) is 11.5 Å². The number of amides is 1. The fourth-order valence-electron chi connectivity index (χ4n) is 3.21. The second-order valence-corrected chi connectivity index (χ2v) is 8.50. The number of nitrogens with one attached hydrogen (secondary N) is 2. The molecule has 0 aliphatic heterocycles. The van der Waals surface area contributed by atoms with Gasteiger partial charge in [-0.15, -0.1) is 0 Å². The van der Waals surface area contributed by atoms with E-state index in [1.165, 1.54) is 12.1 Å². The number of hydrogen-bond donors (Lipinski definition) is 2. The molecule has 0 spiro atoms. The van der Waals surface area contributed by atoms with Gasteiger partial charge in [-0.25, -0.2) is 4.39 Å². The summed E-state index contributed by atoms with van der Waals surface area (Å²) in [7, 11) is 1.56. The van der Waals surface area contributed by atoms with Crippen molar-refractivity contribution in [2.45, 2.75) is 33.4 Å². The number of methoxy groups -OCH3 is 1. The molecule has 0 aliphatic rings. The Hall–Kier alpha value is -3.25. The van der Waals surface area contributed by atoms with Crippen LogP contribution in [0.5, 0.6) is 11.5 Å². The molecule has 0 aliphatic carbocycles. The summed E-state index contributed by atoms with van der Waals surface area (Å²) in [6, 6.07) is 17.2. The van der Waals surface area contributed by atoms with Crippen LogP contribution in [0.2, 0.25) is 5.02 Å². The number of halogens is 2. The minimum atomic E-state index is -0.292. The van der Waals surface area contributed by atoms with Crippen LogP contribution in [0, 0.1) is 11.7 Å². The van der Waals surface area contributed by atoms with Gasteiger partial charge in [-0.2, -0.15) is 0 Å². The first kappa shape index (κ1) is 24.4. The lowest BCUT2D eigenvalue weighted by Gasteiger charge is -2.15. The average Bonchev–Trinajstić information content (AvgIpc) is 2.77. The summed E-state index contributed by atoms with van der Waals surface area (Å²) in [4.78, 5) is 12.0. The van der Waals surface area contributed by atoms with E-state index in [9.17, 15) is 9.18 Å². The zero-order chi connectivity index (χ0) is 23.8. The van der Waals surface area contributed by atoms with Crippen LogP contribution in [-0.2, 0) is 17.9 Å². The van der Waals surface area contributed by atoms with Crippen molar-refractivity contribution in [2.75, 3.05) is 17.7 Å². The Balaban J connectivity index is 1.64. The van der Waals surface area contributed by atoms with Crippen LogP contribution in [0.3, 0.4) is 0 Å². The molecular weight excluding hydrogens is 443 g/mol. The van der Waals surface area contributed by atoms with Gasteiger partial charge in [0.05, 0.1) is 7.11 Å². The fraction of sp³-hybridized carbons (Fsp3) is 0.269. The van der Waals surface area contributed by atoms with Crippen molar-refractivity contribution >= 4 is 28.9 Å². The molecule has 0 atom stereocenters. The van der Waals surface area contributed by atoms with Gasteiger partial charge in [0, 0.05) is 35.4 Å². The molecule has 0 saturated heterocycles. The lowest BCUT2D eigenvalue weighted by Crippen LogP contribution is -2.13. The van der Waals surface area contributed by atoms with Crippen LogP contribution in [0.25, 0.3) is 0 Å². The van der Waals surface area contributed by atoms with Crippen molar-refractivity contribution in [3.05, 3.63) is 82.6 Å². The Labute approximate surface area is 198 Å². The predicted molar refractivity (Wildman–Crippen MR) is 131 cm³/mol. The number of carbonyl (C=O) groups is 1. The molecule has 0 radical (unpaired) electrons. The second kappa shape index (κ2) is 11.6. The van der Waals surface area contributed by atoms with Gasteiger partial charge in [-0.05, 0) is 53.4 Å². The molecule has 0 unspecified atom stereocenters. The number of anilines is 2. The zero-order valence-electron chi connectivity index (χ0n) is 19.0. The van der Waals surface area contributed by atoms with Crippen molar-refractivity contribution in [1.29, 1.82) is 0 Å². The molecule has 33 heavy (non-hydrogen) atoms. The molecule has 3 aromatic carbocycles. The Morgan fingerprint density at radius 3 is 2.45 bits per heavy atom. The molecule has 174 valence electrons. The van der Waals surface area contributed by atoms with E-state index < -0.39 is 0 Å². The van der Waals surface area contributed by atoms with E-state index in [4.69, 9.17) is 21.1 Å². The van der Waals surface area contributed by atoms with E-state index in [0.29, 0.717) is 35.4 Å². The predicted octanol–water partition coefficient (Wildman–Crippen LogP) is 6.66. The van der Waals surface area contributed by atoms with Gasteiger partial charge in [-0.3, -0.25) is 4.79 Å². The molecular formula is C26H28ClFN2O3. The summed E-state index contributed by atoms with van der Waals surface area (Å²) in [6.45, 7) is 4.74. The Kier molecular flexibility index (Phi) is 8.55. The molecule has 0 heterocycles. The topological polar surface area (TPSA) is 59.6 Å². The van der Waals surface area contributed by atoms with Gasteiger partial charge in [0.2, 0.25) is 5.91 Å². The highest BCUT2D eigenvalue weighted by Crippen LogP contribution is 2.34. The number of benzene rings is 3. The molecule has 0 fully saturated rings. The normalized spacial score (nSPS) is 10.7. The first-order valence-corrected chi connectivity index (χ1v) is 11.1. The number of hydrogen-bond acceptors (Lipinski definition) is 4. The summed E-state index contributed by atoms with van der Waals surface area (Å²) in [5.41, 5.74) is 3.25.